The normalized spacial score (nSPS) is 11.9. The summed E-state index contributed by atoms with van der Waals surface area (Å²) in [7, 11) is 1.50. The highest BCUT2D eigenvalue weighted by Gasteiger charge is 2.08. The standard InChI is InChI=1S/C12H15ClO4/c1-3-16-12(14)9-5-4-6-10(7-9)17-8-11(13)15-2/h4-7,11H,3,8H2,1-2H3. The predicted octanol–water partition coefficient (Wildman–Crippen LogP) is 2.45. The van der Waals surface area contributed by atoms with E-state index in [4.69, 9.17) is 25.8 Å². The lowest BCUT2D eigenvalue weighted by molar-refractivity contribution is 0.0525. The van der Waals surface area contributed by atoms with Crippen LogP contribution in [0.4, 0.5) is 0 Å². The molecule has 1 aromatic carbocycles. The van der Waals surface area contributed by atoms with Gasteiger partial charge in [0.2, 0.25) is 0 Å². The van der Waals surface area contributed by atoms with E-state index < -0.39 is 5.56 Å². The third-order valence-corrected chi connectivity index (χ3v) is 2.29. The molecule has 5 heteroatoms. The predicted molar refractivity (Wildman–Crippen MR) is 64.5 cm³/mol. The summed E-state index contributed by atoms with van der Waals surface area (Å²) < 4.78 is 15.1. The van der Waals surface area contributed by atoms with E-state index >= 15 is 0 Å². The summed E-state index contributed by atoms with van der Waals surface area (Å²) >= 11 is 5.73. The minimum absolute atomic E-state index is 0.213. The van der Waals surface area contributed by atoms with Gasteiger partial charge in [-0.1, -0.05) is 17.7 Å². The number of halogens is 1. The first-order chi connectivity index (χ1) is 8.17. The topological polar surface area (TPSA) is 44.8 Å². The van der Waals surface area contributed by atoms with Crippen LogP contribution >= 0.6 is 11.6 Å². The van der Waals surface area contributed by atoms with E-state index in [1.54, 1.807) is 31.2 Å². The van der Waals surface area contributed by atoms with Crippen LogP contribution < -0.4 is 4.74 Å². The van der Waals surface area contributed by atoms with E-state index in [-0.39, 0.29) is 12.6 Å². The third kappa shape index (κ3) is 4.63. The Labute approximate surface area is 105 Å². The van der Waals surface area contributed by atoms with Crippen LogP contribution in [0.25, 0.3) is 0 Å². The van der Waals surface area contributed by atoms with Gasteiger partial charge in [-0.15, -0.1) is 0 Å². The summed E-state index contributed by atoms with van der Waals surface area (Å²) in [5.74, 6) is 0.186. The van der Waals surface area contributed by atoms with Crippen molar-refractivity contribution < 1.29 is 19.0 Å². The number of ether oxygens (including phenoxy) is 3. The van der Waals surface area contributed by atoms with Gasteiger partial charge in [-0.2, -0.15) is 0 Å². The van der Waals surface area contributed by atoms with Crippen molar-refractivity contribution in [2.45, 2.75) is 12.5 Å². The Morgan fingerprint density at radius 3 is 2.88 bits per heavy atom. The zero-order valence-electron chi connectivity index (χ0n) is 9.81. The molecule has 1 unspecified atom stereocenters. The summed E-state index contributed by atoms with van der Waals surface area (Å²) in [4.78, 5) is 11.5. The fourth-order valence-electron chi connectivity index (χ4n) is 1.16. The summed E-state index contributed by atoms with van der Waals surface area (Å²) in [6.45, 7) is 2.32. The molecule has 1 aromatic rings. The molecule has 94 valence electrons. The second kappa shape index (κ2) is 7.14. The molecule has 0 heterocycles. The molecule has 0 radical (unpaired) electrons. The summed E-state index contributed by atoms with van der Waals surface area (Å²) in [6.07, 6.45) is 0. The second-order valence-corrected chi connectivity index (χ2v) is 3.69. The van der Waals surface area contributed by atoms with E-state index in [9.17, 15) is 4.79 Å². The highest BCUT2D eigenvalue weighted by molar-refractivity contribution is 6.19. The van der Waals surface area contributed by atoms with Crippen molar-refractivity contribution >= 4 is 17.6 Å². The van der Waals surface area contributed by atoms with Gasteiger partial charge in [0.25, 0.3) is 0 Å². The zero-order chi connectivity index (χ0) is 12.7. The summed E-state index contributed by atoms with van der Waals surface area (Å²) in [5, 5.41) is 0. The maximum Gasteiger partial charge on any atom is 0.338 e. The highest BCUT2D eigenvalue weighted by atomic mass is 35.5. The number of hydrogen-bond donors (Lipinski definition) is 0. The molecular formula is C12H15ClO4. The van der Waals surface area contributed by atoms with Crippen molar-refractivity contribution in [1.82, 2.24) is 0 Å². The number of benzene rings is 1. The largest absolute Gasteiger partial charge is 0.490 e. The van der Waals surface area contributed by atoms with Gasteiger partial charge in [-0.05, 0) is 25.1 Å². The molecule has 0 aliphatic rings. The van der Waals surface area contributed by atoms with Crippen molar-refractivity contribution in [3.63, 3.8) is 0 Å². The number of carbonyl (C=O) groups excluding carboxylic acids is 1. The first-order valence-electron chi connectivity index (χ1n) is 5.24. The average Bonchev–Trinajstić information content (AvgIpc) is 2.36. The first kappa shape index (κ1) is 13.8. The lowest BCUT2D eigenvalue weighted by Gasteiger charge is -2.10. The van der Waals surface area contributed by atoms with Crippen LogP contribution in [0.1, 0.15) is 17.3 Å². The van der Waals surface area contributed by atoms with Crippen LogP contribution in [0.5, 0.6) is 5.75 Å². The average molecular weight is 259 g/mol. The maximum absolute atomic E-state index is 11.5. The summed E-state index contributed by atoms with van der Waals surface area (Å²) in [5.41, 5.74) is -0.0610. The minimum Gasteiger partial charge on any atom is -0.490 e. The molecule has 1 atom stereocenters. The Hall–Kier alpha value is -1.26. The van der Waals surface area contributed by atoms with Gasteiger partial charge in [0.05, 0.1) is 12.2 Å². The van der Waals surface area contributed by atoms with Gasteiger partial charge in [0, 0.05) is 7.11 Å². The molecule has 0 spiro atoms. The van der Waals surface area contributed by atoms with E-state index in [2.05, 4.69) is 0 Å². The first-order valence-corrected chi connectivity index (χ1v) is 5.68. The Balaban J connectivity index is 2.62. The number of carbonyl (C=O) groups is 1. The van der Waals surface area contributed by atoms with Crippen molar-refractivity contribution in [3.8, 4) is 5.75 Å². The molecule has 0 aliphatic heterocycles. The monoisotopic (exact) mass is 258 g/mol. The molecule has 1 rings (SSSR count). The number of hydrogen-bond acceptors (Lipinski definition) is 4. The smallest absolute Gasteiger partial charge is 0.338 e. The van der Waals surface area contributed by atoms with Gasteiger partial charge in [0.1, 0.15) is 12.4 Å². The van der Waals surface area contributed by atoms with Crippen molar-refractivity contribution in [3.05, 3.63) is 29.8 Å². The molecule has 17 heavy (non-hydrogen) atoms. The Bertz CT molecular complexity index is 367. The van der Waals surface area contributed by atoms with E-state index in [0.29, 0.717) is 17.9 Å². The van der Waals surface area contributed by atoms with Gasteiger partial charge in [0.15, 0.2) is 5.56 Å². The molecule has 0 bridgehead atoms. The number of alkyl halides is 1. The summed E-state index contributed by atoms with van der Waals surface area (Å²) in [6, 6.07) is 6.73. The lowest BCUT2D eigenvalue weighted by Crippen LogP contribution is -2.13. The fraction of sp³-hybridized carbons (Fsp3) is 0.417. The molecule has 0 fully saturated rings. The molecule has 0 amide bonds. The van der Waals surface area contributed by atoms with Crippen molar-refractivity contribution in [2.24, 2.45) is 0 Å². The quantitative estimate of drug-likeness (QED) is 0.581. The molecule has 4 nitrogen and oxygen atoms in total. The molecular weight excluding hydrogens is 244 g/mol. The van der Waals surface area contributed by atoms with Crippen LogP contribution in [0.3, 0.4) is 0 Å². The number of rotatable bonds is 6. The Kier molecular flexibility index (Phi) is 5.80. The van der Waals surface area contributed by atoms with Gasteiger partial charge >= 0.3 is 5.97 Å². The van der Waals surface area contributed by atoms with Gasteiger partial charge in [-0.3, -0.25) is 0 Å². The maximum atomic E-state index is 11.5. The number of esters is 1. The van der Waals surface area contributed by atoms with Crippen molar-refractivity contribution in [1.29, 1.82) is 0 Å². The van der Waals surface area contributed by atoms with E-state index in [0.717, 1.165) is 0 Å². The Morgan fingerprint density at radius 1 is 1.47 bits per heavy atom. The van der Waals surface area contributed by atoms with Gasteiger partial charge < -0.3 is 14.2 Å². The minimum atomic E-state index is -0.513. The molecule has 0 N–H and O–H groups in total. The van der Waals surface area contributed by atoms with Crippen LogP contribution in [-0.4, -0.2) is 31.9 Å². The fourth-order valence-corrected chi connectivity index (χ4v) is 1.22. The molecule has 0 saturated carbocycles. The van der Waals surface area contributed by atoms with E-state index in [1.165, 1.54) is 7.11 Å². The molecule has 0 aliphatic carbocycles. The third-order valence-electron chi connectivity index (χ3n) is 1.98. The van der Waals surface area contributed by atoms with Crippen LogP contribution in [-0.2, 0) is 9.47 Å². The molecule has 0 aromatic heterocycles. The van der Waals surface area contributed by atoms with E-state index in [1.807, 2.05) is 0 Å². The van der Waals surface area contributed by atoms with Crippen LogP contribution in [0.2, 0.25) is 0 Å². The Morgan fingerprint density at radius 2 is 2.24 bits per heavy atom. The SMILES string of the molecule is CCOC(=O)c1cccc(OCC(Cl)OC)c1. The van der Waals surface area contributed by atoms with Crippen molar-refractivity contribution in [2.75, 3.05) is 20.3 Å². The van der Waals surface area contributed by atoms with Crippen LogP contribution in [0, 0.1) is 0 Å². The number of methoxy groups -OCH3 is 1. The highest BCUT2D eigenvalue weighted by Crippen LogP contribution is 2.15. The second-order valence-electron chi connectivity index (χ2n) is 3.21. The lowest BCUT2D eigenvalue weighted by atomic mass is 10.2. The molecule has 0 saturated heterocycles. The zero-order valence-corrected chi connectivity index (χ0v) is 10.6. The van der Waals surface area contributed by atoms with Gasteiger partial charge in [-0.25, -0.2) is 4.79 Å². The van der Waals surface area contributed by atoms with Crippen LogP contribution in [0.15, 0.2) is 24.3 Å².